The van der Waals surface area contributed by atoms with Crippen molar-refractivity contribution in [1.82, 2.24) is 10.2 Å². The first-order valence-electron chi connectivity index (χ1n) is 5.25. The number of nitrogens with one attached hydrogen (secondary N) is 1. The summed E-state index contributed by atoms with van der Waals surface area (Å²) in [7, 11) is 2.06. The highest BCUT2D eigenvalue weighted by Gasteiger charge is 2.16. The van der Waals surface area contributed by atoms with Crippen molar-refractivity contribution in [3.8, 4) is 0 Å². The quantitative estimate of drug-likeness (QED) is 0.703. The Hall–Kier alpha value is -0.310. The normalized spacial score (nSPS) is 17.4. The Morgan fingerprint density at radius 3 is 2.62 bits per heavy atom. The summed E-state index contributed by atoms with van der Waals surface area (Å²) in [6.45, 7) is 3.23. The lowest BCUT2D eigenvalue weighted by Crippen LogP contribution is -2.42. The Kier molecular flexibility index (Phi) is 4.50. The molecule has 0 bridgehead atoms. The molecule has 0 aliphatic heterocycles. The summed E-state index contributed by atoms with van der Waals surface area (Å²) in [6.07, 6.45) is 6.46. The highest BCUT2D eigenvalue weighted by molar-refractivity contribution is 7.80. The van der Waals surface area contributed by atoms with Crippen LogP contribution in [0.4, 0.5) is 0 Å². The third kappa shape index (κ3) is 3.51. The highest BCUT2D eigenvalue weighted by atomic mass is 32.1. The van der Waals surface area contributed by atoms with E-state index in [0.29, 0.717) is 6.04 Å². The molecule has 0 heterocycles. The summed E-state index contributed by atoms with van der Waals surface area (Å²) in [5.74, 6) is 0. The van der Waals surface area contributed by atoms with Gasteiger partial charge in [-0.3, -0.25) is 0 Å². The summed E-state index contributed by atoms with van der Waals surface area (Å²) in [4.78, 5) is 2.13. The summed E-state index contributed by atoms with van der Waals surface area (Å²) >= 11 is 5.29. The minimum atomic E-state index is 0.645. The molecule has 0 aromatic carbocycles. The Labute approximate surface area is 86.7 Å². The first kappa shape index (κ1) is 10.8. The van der Waals surface area contributed by atoms with Crippen LogP contribution in [0.15, 0.2) is 0 Å². The van der Waals surface area contributed by atoms with E-state index in [9.17, 15) is 0 Å². The smallest absolute Gasteiger partial charge is 0.168 e. The van der Waals surface area contributed by atoms with Crippen molar-refractivity contribution >= 4 is 17.3 Å². The van der Waals surface area contributed by atoms with Gasteiger partial charge in [-0.1, -0.05) is 19.8 Å². The molecule has 0 aromatic heterocycles. The predicted molar refractivity (Wildman–Crippen MR) is 60.9 cm³/mol. The minimum Gasteiger partial charge on any atom is -0.360 e. The van der Waals surface area contributed by atoms with E-state index in [0.717, 1.165) is 18.1 Å². The molecule has 1 fully saturated rings. The molecule has 0 atom stereocenters. The Morgan fingerprint density at radius 2 is 2.08 bits per heavy atom. The Balaban J connectivity index is 2.22. The molecular weight excluding hydrogens is 180 g/mol. The van der Waals surface area contributed by atoms with Crippen molar-refractivity contribution in [3.63, 3.8) is 0 Å². The van der Waals surface area contributed by atoms with Crippen LogP contribution in [0.1, 0.15) is 39.0 Å². The average molecular weight is 200 g/mol. The van der Waals surface area contributed by atoms with E-state index in [4.69, 9.17) is 12.2 Å². The van der Waals surface area contributed by atoms with Crippen LogP contribution in [-0.2, 0) is 0 Å². The number of nitrogens with zero attached hydrogens (tertiary/aromatic N) is 1. The molecule has 0 unspecified atom stereocenters. The van der Waals surface area contributed by atoms with Crippen molar-refractivity contribution in [2.24, 2.45) is 0 Å². The molecule has 0 saturated heterocycles. The van der Waals surface area contributed by atoms with E-state index in [2.05, 4.69) is 24.2 Å². The van der Waals surface area contributed by atoms with Crippen LogP contribution >= 0.6 is 12.2 Å². The number of thiocarbonyl (C=S) groups is 1. The zero-order chi connectivity index (χ0) is 9.68. The van der Waals surface area contributed by atoms with Crippen molar-refractivity contribution in [2.75, 3.05) is 13.6 Å². The molecule has 1 rings (SSSR count). The molecule has 13 heavy (non-hydrogen) atoms. The molecule has 3 heteroatoms. The van der Waals surface area contributed by atoms with Gasteiger partial charge >= 0.3 is 0 Å². The van der Waals surface area contributed by atoms with Crippen molar-refractivity contribution in [3.05, 3.63) is 0 Å². The van der Waals surface area contributed by atoms with Crippen LogP contribution in [0.25, 0.3) is 0 Å². The Bertz CT molecular complexity index is 164. The van der Waals surface area contributed by atoms with Crippen molar-refractivity contribution in [2.45, 2.75) is 45.1 Å². The lowest BCUT2D eigenvalue weighted by molar-refractivity contribution is 0.473. The largest absolute Gasteiger partial charge is 0.360 e. The zero-order valence-corrected chi connectivity index (χ0v) is 9.49. The second kappa shape index (κ2) is 5.43. The highest BCUT2D eigenvalue weighted by Crippen LogP contribution is 2.17. The van der Waals surface area contributed by atoms with Gasteiger partial charge in [0.15, 0.2) is 5.11 Å². The molecule has 1 saturated carbocycles. The fourth-order valence-electron chi connectivity index (χ4n) is 1.79. The lowest BCUT2D eigenvalue weighted by Gasteiger charge is -2.23. The van der Waals surface area contributed by atoms with Crippen LogP contribution in [0.2, 0.25) is 0 Å². The van der Waals surface area contributed by atoms with E-state index in [1.807, 2.05) is 0 Å². The van der Waals surface area contributed by atoms with Gasteiger partial charge < -0.3 is 10.2 Å². The predicted octanol–water partition coefficient (Wildman–Crippen LogP) is 2.15. The maximum absolute atomic E-state index is 5.29. The van der Waals surface area contributed by atoms with E-state index in [-0.39, 0.29) is 0 Å². The first-order chi connectivity index (χ1) is 6.24. The van der Waals surface area contributed by atoms with Gasteiger partial charge in [-0.25, -0.2) is 0 Å². The van der Waals surface area contributed by atoms with Crippen LogP contribution in [0.3, 0.4) is 0 Å². The number of hydrogen-bond acceptors (Lipinski definition) is 1. The molecule has 1 N–H and O–H groups in total. The second-order valence-corrected chi connectivity index (χ2v) is 4.24. The van der Waals surface area contributed by atoms with Crippen LogP contribution in [0, 0.1) is 0 Å². The molecule has 76 valence electrons. The van der Waals surface area contributed by atoms with Crippen molar-refractivity contribution < 1.29 is 0 Å². The fraction of sp³-hybridized carbons (Fsp3) is 0.900. The maximum atomic E-state index is 5.29. The molecule has 1 aliphatic rings. The van der Waals surface area contributed by atoms with Gasteiger partial charge in [-0.2, -0.15) is 0 Å². The third-order valence-electron chi connectivity index (χ3n) is 2.59. The summed E-state index contributed by atoms with van der Waals surface area (Å²) in [6, 6.07) is 0.645. The van der Waals surface area contributed by atoms with Gasteiger partial charge in [0.2, 0.25) is 0 Å². The van der Waals surface area contributed by atoms with Gasteiger partial charge in [0, 0.05) is 19.6 Å². The first-order valence-corrected chi connectivity index (χ1v) is 5.66. The van der Waals surface area contributed by atoms with E-state index < -0.39 is 0 Å². The fourth-order valence-corrected chi connectivity index (χ4v) is 2.05. The molecule has 0 radical (unpaired) electrons. The average Bonchev–Trinajstić information content (AvgIpc) is 2.57. The topological polar surface area (TPSA) is 15.3 Å². The monoisotopic (exact) mass is 200 g/mol. The maximum Gasteiger partial charge on any atom is 0.168 e. The van der Waals surface area contributed by atoms with Gasteiger partial charge in [0.25, 0.3) is 0 Å². The van der Waals surface area contributed by atoms with E-state index >= 15 is 0 Å². The van der Waals surface area contributed by atoms with Crippen LogP contribution in [-0.4, -0.2) is 29.6 Å². The standard InChI is InChI=1S/C10H20N2S/c1-3-8-12(2)10(13)11-9-6-4-5-7-9/h9H,3-8H2,1-2H3,(H,11,13). The molecule has 0 aromatic rings. The summed E-state index contributed by atoms with van der Waals surface area (Å²) in [5.41, 5.74) is 0. The third-order valence-corrected chi connectivity index (χ3v) is 3.02. The van der Waals surface area contributed by atoms with Gasteiger partial charge in [-0.05, 0) is 31.5 Å². The van der Waals surface area contributed by atoms with Gasteiger partial charge in [-0.15, -0.1) is 0 Å². The number of hydrogen-bond donors (Lipinski definition) is 1. The van der Waals surface area contributed by atoms with E-state index in [1.54, 1.807) is 0 Å². The van der Waals surface area contributed by atoms with Gasteiger partial charge in [0.05, 0.1) is 0 Å². The molecule has 2 nitrogen and oxygen atoms in total. The summed E-state index contributed by atoms with van der Waals surface area (Å²) in [5, 5.41) is 4.35. The van der Waals surface area contributed by atoms with E-state index in [1.165, 1.54) is 25.7 Å². The summed E-state index contributed by atoms with van der Waals surface area (Å²) < 4.78 is 0. The van der Waals surface area contributed by atoms with Crippen molar-refractivity contribution in [1.29, 1.82) is 0 Å². The van der Waals surface area contributed by atoms with Crippen LogP contribution in [0.5, 0.6) is 0 Å². The lowest BCUT2D eigenvalue weighted by atomic mass is 10.2. The number of rotatable bonds is 3. The van der Waals surface area contributed by atoms with Crippen LogP contribution < -0.4 is 5.32 Å². The SMILES string of the molecule is CCCN(C)C(=S)NC1CCCC1. The molecule has 0 amide bonds. The molecular formula is C10H20N2S. The molecule has 0 spiro atoms. The zero-order valence-electron chi connectivity index (χ0n) is 8.68. The molecule has 1 aliphatic carbocycles. The second-order valence-electron chi connectivity index (χ2n) is 3.85. The Morgan fingerprint density at radius 1 is 1.46 bits per heavy atom. The van der Waals surface area contributed by atoms with Gasteiger partial charge in [0.1, 0.15) is 0 Å². The minimum absolute atomic E-state index is 0.645.